The number of nitrogens with zero attached hydrogens (tertiary/aromatic N) is 2. The molecule has 0 unspecified atom stereocenters. The van der Waals surface area contributed by atoms with Crippen molar-refractivity contribution >= 4 is 21.8 Å². The number of nitrogens with one attached hydrogen (secondary N) is 2. The summed E-state index contributed by atoms with van der Waals surface area (Å²) in [5, 5.41) is 3.72. The highest BCUT2D eigenvalue weighted by atomic mass is 32.2. The predicted molar refractivity (Wildman–Crippen MR) is 113 cm³/mol. The van der Waals surface area contributed by atoms with Crippen molar-refractivity contribution in [1.82, 2.24) is 20.3 Å². The average Bonchev–Trinajstić information content (AvgIpc) is 3.28. The van der Waals surface area contributed by atoms with Gasteiger partial charge < -0.3 is 4.52 Å². The number of amides is 2. The van der Waals surface area contributed by atoms with Gasteiger partial charge >= 0.3 is 5.91 Å². The van der Waals surface area contributed by atoms with Crippen molar-refractivity contribution in [1.29, 1.82) is 0 Å². The summed E-state index contributed by atoms with van der Waals surface area (Å²) in [4.78, 5) is 24.6. The molecule has 0 aliphatic heterocycles. The Bertz CT molecular complexity index is 1240. The molecule has 0 saturated heterocycles. The molecule has 0 atom stereocenters. The van der Waals surface area contributed by atoms with E-state index in [1.165, 1.54) is 52.8 Å². The van der Waals surface area contributed by atoms with Gasteiger partial charge in [0.15, 0.2) is 0 Å². The third-order valence-electron chi connectivity index (χ3n) is 4.58. The highest BCUT2D eigenvalue weighted by Gasteiger charge is 2.23. The molecular weight excluding hydrogens is 439 g/mol. The summed E-state index contributed by atoms with van der Waals surface area (Å²) in [5.74, 6) is -2.18. The van der Waals surface area contributed by atoms with Gasteiger partial charge in [0.2, 0.25) is 15.8 Å². The van der Waals surface area contributed by atoms with Crippen molar-refractivity contribution in [3.8, 4) is 11.3 Å². The van der Waals surface area contributed by atoms with Crippen LogP contribution in [-0.4, -0.2) is 42.8 Å². The zero-order valence-electron chi connectivity index (χ0n) is 17.3. The molecule has 0 radical (unpaired) electrons. The molecule has 3 rings (SSSR count). The number of hydrogen-bond donors (Lipinski definition) is 2. The fraction of sp³-hybridized carbons (Fsp3) is 0.190. The van der Waals surface area contributed by atoms with Crippen molar-refractivity contribution in [2.24, 2.45) is 0 Å². The first-order valence-electron chi connectivity index (χ1n) is 9.69. The predicted octanol–water partition coefficient (Wildman–Crippen LogP) is 2.59. The molecule has 32 heavy (non-hydrogen) atoms. The van der Waals surface area contributed by atoms with Crippen LogP contribution in [0.2, 0.25) is 0 Å². The van der Waals surface area contributed by atoms with Crippen LogP contribution in [0.3, 0.4) is 0 Å². The van der Waals surface area contributed by atoms with Crippen LogP contribution in [0.25, 0.3) is 11.3 Å². The smallest absolute Gasteiger partial charge is 0.308 e. The van der Waals surface area contributed by atoms with Crippen LogP contribution in [0.1, 0.15) is 34.8 Å². The Balaban J connectivity index is 1.68. The maximum Gasteiger partial charge on any atom is 0.308 e. The first-order valence-corrected chi connectivity index (χ1v) is 11.1. The molecule has 11 heteroatoms. The lowest BCUT2D eigenvalue weighted by Gasteiger charge is -2.18. The first kappa shape index (κ1) is 23.1. The van der Waals surface area contributed by atoms with E-state index >= 15 is 0 Å². The van der Waals surface area contributed by atoms with Gasteiger partial charge in [0.1, 0.15) is 11.5 Å². The highest BCUT2D eigenvalue weighted by molar-refractivity contribution is 7.89. The molecule has 0 aliphatic carbocycles. The van der Waals surface area contributed by atoms with E-state index in [1.54, 1.807) is 19.9 Å². The molecule has 1 heterocycles. The Labute approximate surface area is 184 Å². The Morgan fingerprint density at radius 2 is 1.69 bits per heavy atom. The van der Waals surface area contributed by atoms with Crippen molar-refractivity contribution in [3.63, 3.8) is 0 Å². The van der Waals surface area contributed by atoms with Gasteiger partial charge in [-0.3, -0.25) is 20.4 Å². The van der Waals surface area contributed by atoms with Crippen LogP contribution >= 0.6 is 0 Å². The molecular formula is C21H21FN4O5S. The summed E-state index contributed by atoms with van der Waals surface area (Å²) in [6, 6.07) is 12.4. The van der Waals surface area contributed by atoms with E-state index in [0.29, 0.717) is 18.7 Å². The molecule has 3 aromatic rings. The van der Waals surface area contributed by atoms with Gasteiger partial charge in [-0.25, -0.2) is 12.8 Å². The molecule has 0 fully saturated rings. The van der Waals surface area contributed by atoms with Gasteiger partial charge in [0, 0.05) is 30.3 Å². The summed E-state index contributed by atoms with van der Waals surface area (Å²) in [6.07, 6.45) is 0. The number of sulfonamides is 1. The summed E-state index contributed by atoms with van der Waals surface area (Å²) in [7, 11) is -3.74. The molecule has 1 aromatic heterocycles. The van der Waals surface area contributed by atoms with Gasteiger partial charge in [0.25, 0.3) is 5.91 Å². The SMILES string of the molecule is CCN(CC)S(=O)(=O)c1cccc(C(=O)NNC(=O)c2cc(-c3cccc(F)c3)no2)c1. The van der Waals surface area contributed by atoms with Crippen molar-refractivity contribution in [2.45, 2.75) is 18.7 Å². The van der Waals surface area contributed by atoms with Crippen LogP contribution < -0.4 is 10.9 Å². The van der Waals surface area contributed by atoms with Crippen LogP contribution in [0.5, 0.6) is 0 Å². The van der Waals surface area contributed by atoms with Crippen molar-refractivity contribution in [2.75, 3.05) is 13.1 Å². The average molecular weight is 460 g/mol. The van der Waals surface area contributed by atoms with Crippen molar-refractivity contribution < 1.29 is 26.9 Å². The number of aromatic nitrogens is 1. The molecule has 0 bridgehead atoms. The molecule has 0 saturated carbocycles. The standard InChI is InChI=1S/C21H21FN4O5S/c1-3-26(4-2)32(29,30)17-10-6-8-15(12-17)20(27)23-24-21(28)19-13-18(25-31-19)14-7-5-9-16(22)11-14/h5-13H,3-4H2,1-2H3,(H,23,27)(H,24,28). The molecule has 2 N–H and O–H groups in total. The lowest BCUT2D eigenvalue weighted by Crippen LogP contribution is -2.41. The number of hydrogen-bond acceptors (Lipinski definition) is 6. The fourth-order valence-electron chi connectivity index (χ4n) is 2.92. The van der Waals surface area contributed by atoms with E-state index in [9.17, 15) is 22.4 Å². The fourth-order valence-corrected chi connectivity index (χ4v) is 4.43. The summed E-state index contributed by atoms with van der Waals surface area (Å²) in [6.45, 7) is 4.02. The van der Waals surface area contributed by atoms with Gasteiger partial charge in [0.05, 0.1) is 4.90 Å². The molecule has 2 amide bonds. The number of benzene rings is 2. The van der Waals surface area contributed by atoms with Crippen LogP contribution in [0.15, 0.2) is 64.0 Å². The minimum Gasteiger partial charge on any atom is -0.350 e. The largest absolute Gasteiger partial charge is 0.350 e. The van der Waals surface area contributed by atoms with Crippen molar-refractivity contribution in [3.05, 3.63) is 71.7 Å². The second-order valence-electron chi connectivity index (χ2n) is 6.61. The Hall–Kier alpha value is -3.57. The maximum absolute atomic E-state index is 13.4. The summed E-state index contributed by atoms with van der Waals surface area (Å²) < 4.78 is 44.9. The number of rotatable bonds is 7. The molecule has 0 aliphatic rings. The van der Waals surface area contributed by atoms with Gasteiger partial charge in [-0.1, -0.05) is 37.2 Å². The highest BCUT2D eigenvalue weighted by Crippen LogP contribution is 2.20. The summed E-state index contributed by atoms with van der Waals surface area (Å²) >= 11 is 0. The maximum atomic E-state index is 13.4. The van der Waals surface area contributed by atoms with Crippen LogP contribution in [0, 0.1) is 5.82 Å². The zero-order valence-corrected chi connectivity index (χ0v) is 18.1. The minimum atomic E-state index is -3.74. The van der Waals surface area contributed by atoms with Gasteiger partial charge in [-0.15, -0.1) is 0 Å². The molecule has 2 aromatic carbocycles. The van der Waals surface area contributed by atoms with E-state index < -0.39 is 27.7 Å². The van der Waals surface area contributed by atoms with E-state index in [1.807, 2.05) is 0 Å². The molecule has 9 nitrogen and oxygen atoms in total. The Morgan fingerprint density at radius 1 is 1.00 bits per heavy atom. The zero-order chi connectivity index (χ0) is 23.3. The summed E-state index contributed by atoms with van der Waals surface area (Å²) in [5.41, 5.74) is 5.07. The van der Waals surface area contributed by atoms with Gasteiger partial charge in [-0.05, 0) is 30.3 Å². The van der Waals surface area contributed by atoms with E-state index in [0.717, 1.165) is 0 Å². The number of carbonyl (C=O) groups is 2. The number of halogens is 1. The van der Waals surface area contributed by atoms with E-state index in [2.05, 4.69) is 16.0 Å². The number of carbonyl (C=O) groups excluding carboxylic acids is 2. The van der Waals surface area contributed by atoms with Gasteiger partial charge in [-0.2, -0.15) is 4.31 Å². The minimum absolute atomic E-state index is 0.0323. The number of hydrazine groups is 1. The Morgan fingerprint density at radius 3 is 2.38 bits per heavy atom. The second kappa shape index (κ2) is 9.71. The topological polar surface area (TPSA) is 122 Å². The van der Waals surface area contributed by atoms with E-state index in [-0.39, 0.29) is 21.9 Å². The monoisotopic (exact) mass is 460 g/mol. The lowest BCUT2D eigenvalue weighted by molar-refractivity contribution is 0.0825. The molecule has 168 valence electrons. The van der Waals surface area contributed by atoms with Crippen LogP contribution in [0.4, 0.5) is 4.39 Å². The molecule has 0 spiro atoms. The lowest BCUT2D eigenvalue weighted by atomic mass is 10.1. The van der Waals surface area contributed by atoms with Crippen LogP contribution in [-0.2, 0) is 10.0 Å². The quantitative estimate of drug-likeness (QED) is 0.523. The Kier molecular flexibility index (Phi) is 7.01. The third-order valence-corrected chi connectivity index (χ3v) is 6.63. The first-order chi connectivity index (χ1) is 15.3. The second-order valence-corrected chi connectivity index (χ2v) is 8.55. The normalized spacial score (nSPS) is 11.4. The third kappa shape index (κ3) is 5.01. The van der Waals surface area contributed by atoms with E-state index in [4.69, 9.17) is 4.52 Å².